The summed E-state index contributed by atoms with van der Waals surface area (Å²) >= 11 is 5.03. The molecule has 0 aliphatic rings. The summed E-state index contributed by atoms with van der Waals surface area (Å²) in [4.78, 5) is 1.19. The Hall–Kier alpha value is -0.840. The van der Waals surface area contributed by atoms with Crippen molar-refractivity contribution in [1.29, 1.82) is 0 Å². The monoisotopic (exact) mass is 354 g/mol. The van der Waals surface area contributed by atoms with Crippen LogP contribution in [0.25, 0.3) is 0 Å². The number of hydrogen-bond donors (Lipinski definition) is 1. The van der Waals surface area contributed by atoms with E-state index in [9.17, 15) is 9.50 Å². The molecule has 20 heavy (non-hydrogen) atoms. The van der Waals surface area contributed by atoms with E-state index in [1.165, 1.54) is 17.0 Å². The number of aliphatic hydroxyl groups is 1. The molecule has 0 amide bonds. The van der Waals surface area contributed by atoms with Crippen LogP contribution < -0.4 is 0 Å². The van der Waals surface area contributed by atoms with E-state index in [4.69, 9.17) is 0 Å². The molecule has 0 fully saturated rings. The highest BCUT2D eigenvalue weighted by atomic mass is 79.9. The lowest BCUT2D eigenvalue weighted by atomic mass is 10.0. The van der Waals surface area contributed by atoms with Crippen molar-refractivity contribution in [3.8, 4) is 0 Å². The van der Waals surface area contributed by atoms with E-state index in [0.29, 0.717) is 10.9 Å². The van der Waals surface area contributed by atoms with Crippen LogP contribution in [0.4, 0.5) is 4.39 Å². The molecule has 0 saturated heterocycles. The minimum Gasteiger partial charge on any atom is -0.388 e. The fraction of sp³-hybridized carbons (Fsp3) is 0.250. The van der Waals surface area contributed by atoms with Crippen LogP contribution in [0.15, 0.2) is 51.8 Å². The molecule has 0 radical (unpaired) electrons. The third-order valence-corrected chi connectivity index (χ3v) is 4.28. The zero-order valence-electron chi connectivity index (χ0n) is 11.1. The van der Waals surface area contributed by atoms with Crippen molar-refractivity contribution in [2.45, 2.75) is 24.3 Å². The van der Waals surface area contributed by atoms with Gasteiger partial charge in [0.2, 0.25) is 0 Å². The van der Waals surface area contributed by atoms with Gasteiger partial charge in [-0.05, 0) is 47.2 Å². The van der Waals surface area contributed by atoms with Crippen LogP contribution in [0, 0.1) is 5.82 Å². The Bertz CT molecular complexity index is 551. The van der Waals surface area contributed by atoms with E-state index in [1.807, 2.05) is 30.3 Å². The third kappa shape index (κ3) is 4.33. The Kier molecular flexibility index (Phi) is 5.64. The summed E-state index contributed by atoms with van der Waals surface area (Å²) in [5, 5.41) is 10.2. The SMILES string of the molecule is CCSc1ccc(C(O)Cc2cc(F)cc(Br)c2)cc1. The molecule has 2 aromatic carbocycles. The minimum absolute atomic E-state index is 0.295. The molecule has 0 spiro atoms. The zero-order valence-corrected chi connectivity index (χ0v) is 13.5. The average Bonchev–Trinajstić information content (AvgIpc) is 2.38. The molecule has 0 bridgehead atoms. The van der Waals surface area contributed by atoms with Crippen molar-refractivity contribution < 1.29 is 9.50 Å². The molecule has 2 rings (SSSR count). The van der Waals surface area contributed by atoms with Crippen LogP contribution in [-0.4, -0.2) is 10.9 Å². The first kappa shape index (κ1) is 15.5. The molecule has 1 N–H and O–H groups in total. The number of thioether (sulfide) groups is 1. The Balaban J connectivity index is 2.08. The second-order valence-electron chi connectivity index (χ2n) is 4.50. The first-order chi connectivity index (χ1) is 9.58. The second kappa shape index (κ2) is 7.25. The normalized spacial score (nSPS) is 12.4. The smallest absolute Gasteiger partial charge is 0.124 e. The fourth-order valence-corrected chi connectivity index (χ4v) is 3.20. The predicted octanol–water partition coefficient (Wildman–Crippen LogP) is 4.98. The summed E-state index contributed by atoms with van der Waals surface area (Å²) in [6.07, 6.45) is -0.222. The number of aliphatic hydroxyl groups excluding tert-OH is 1. The molecule has 4 heteroatoms. The van der Waals surface area contributed by atoms with Gasteiger partial charge in [-0.25, -0.2) is 4.39 Å². The maximum absolute atomic E-state index is 13.3. The van der Waals surface area contributed by atoms with Gasteiger partial charge < -0.3 is 5.11 Å². The van der Waals surface area contributed by atoms with Crippen LogP contribution in [-0.2, 0) is 6.42 Å². The third-order valence-electron chi connectivity index (χ3n) is 2.93. The molecule has 1 unspecified atom stereocenters. The molecule has 0 heterocycles. The van der Waals surface area contributed by atoms with Gasteiger partial charge in [0, 0.05) is 15.8 Å². The Morgan fingerprint density at radius 1 is 1.20 bits per heavy atom. The summed E-state index contributed by atoms with van der Waals surface area (Å²) in [7, 11) is 0. The first-order valence-corrected chi connectivity index (χ1v) is 8.22. The van der Waals surface area contributed by atoms with Crippen LogP contribution >= 0.6 is 27.7 Å². The quantitative estimate of drug-likeness (QED) is 0.764. The zero-order chi connectivity index (χ0) is 14.5. The number of hydrogen-bond acceptors (Lipinski definition) is 2. The molecule has 1 atom stereocenters. The summed E-state index contributed by atoms with van der Waals surface area (Å²) < 4.78 is 14.0. The van der Waals surface area contributed by atoms with Gasteiger partial charge in [-0.2, -0.15) is 0 Å². The summed E-state index contributed by atoms with van der Waals surface area (Å²) in [6.45, 7) is 2.11. The molecule has 0 aliphatic carbocycles. The topological polar surface area (TPSA) is 20.2 Å². The molecule has 0 aliphatic heterocycles. The van der Waals surface area contributed by atoms with Crippen LogP contribution in [0.1, 0.15) is 24.2 Å². The second-order valence-corrected chi connectivity index (χ2v) is 6.75. The Morgan fingerprint density at radius 3 is 2.50 bits per heavy atom. The lowest BCUT2D eigenvalue weighted by Crippen LogP contribution is -2.02. The summed E-state index contributed by atoms with van der Waals surface area (Å²) in [6, 6.07) is 12.6. The van der Waals surface area contributed by atoms with Gasteiger partial charge in [-0.1, -0.05) is 35.0 Å². The Morgan fingerprint density at radius 2 is 1.90 bits per heavy atom. The molecule has 106 valence electrons. The van der Waals surface area contributed by atoms with Crippen molar-refractivity contribution in [2.24, 2.45) is 0 Å². The van der Waals surface area contributed by atoms with Gasteiger partial charge in [-0.3, -0.25) is 0 Å². The van der Waals surface area contributed by atoms with Gasteiger partial charge in [0.05, 0.1) is 6.10 Å². The highest BCUT2D eigenvalue weighted by molar-refractivity contribution is 9.10. The van der Waals surface area contributed by atoms with E-state index in [2.05, 4.69) is 22.9 Å². The number of rotatable bonds is 5. The summed E-state index contributed by atoms with van der Waals surface area (Å²) in [5.74, 6) is 0.732. The lowest BCUT2D eigenvalue weighted by Gasteiger charge is -2.12. The van der Waals surface area contributed by atoms with Gasteiger partial charge in [-0.15, -0.1) is 11.8 Å². The molecule has 2 aromatic rings. The van der Waals surface area contributed by atoms with Gasteiger partial charge in [0.15, 0.2) is 0 Å². The molecule has 0 aromatic heterocycles. The highest BCUT2D eigenvalue weighted by Gasteiger charge is 2.10. The highest BCUT2D eigenvalue weighted by Crippen LogP contribution is 2.24. The maximum Gasteiger partial charge on any atom is 0.124 e. The van der Waals surface area contributed by atoms with Crippen LogP contribution in [0.3, 0.4) is 0 Å². The fourth-order valence-electron chi connectivity index (χ4n) is 2.02. The van der Waals surface area contributed by atoms with E-state index in [-0.39, 0.29) is 5.82 Å². The van der Waals surface area contributed by atoms with Crippen molar-refractivity contribution >= 4 is 27.7 Å². The molecule has 0 saturated carbocycles. The van der Waals surface area contributed by atoms with Gasteiger partial charge >= 0.3 is 0 Å². The van der Waals surface area contributed by atoms with E-state index < -0.39 is 6.10 Å². The molecule has 1 nitrogen and oxygen atoms in total. The maximum atomic E-state index is 13.3. The largest absolute Gasteiger partial charge is 0.388 e. The molecular weight excluding hydrogens is 339 g/mol. The number of halogens is 2. The van der Waals surface area contributed by atoms with Crippen molar-refractivity contribution in [3.63, 3.8) is 0 Å². The van der Waals surface area contributed by atoms with Gasteiger partial charge in [0.1, 0.15) is 5.82 Å². The average molecular weight is 355 g/mol. The van der Waals surface area contributed by atoms with E-state index in [0.717, 1.165) is 16.9 Å². The van der Waals surface area contributed by atoms with Crippen LogP contribution in [0.2, 0.25) is 0 Å². The minimum atomic E-state index is -0.621. The standard InChI is InChI=1S/C16H16BrFOS/c1-2-20-15-5-3-12(4-6-15)16(19)9-11-7-13(17)10-14(18)8-11/h3-8,10,16,19H,2,9H2,1H3. The summed E-state index contributed by atoms with van der Waals surface area (Å²) in [5.41, 5.74) is 1.63. The molecular formula is C16H16BrFOS. The van der Waals surface area contributed by atoms with Crippen molar-refractivity contribution in [3.05, 3.63) is 63.9 Å². The van der Waals surface area contributed by atoms with Gasteiger partial charge in [0.25, 0.3) is 0 Å². The Labute approximate surface area is 131 Å². The van der Waals surface area contributed by atoms with E-state index >= 15 is 0 Å². The van der Waals surface area contributed by atoms with Crippen LogP contribution in [0.5, 0.6) is 0 Å². The first-order valence-electron chi connectivity index (χ1n) is 6.44. The predicted molar refractivity (Wildman–Crippen MR) is 85.6 cm³/mol. The van der Waals surface area contributed by atoms with E-state index in [1.54, 1.807) is 11.8 Å². The van der Waals surface area contributed by atoms with Crippen molar-refractivity contribution in [1.82, 2.24) is 0 Å². The lowest BCUT2D eigenvalue weighted by molar-refractivity contribution is 0.178. The number of benzene rings is 2. The van der Waals surface area contributed by atoms with Crippen molar-refractivity contribution in [2.75, 3.05) is 5.75 Å².